The Labute approximate surface area is 101 Å². The first kappa shape index (κ1) is 12.2. The van der Waals surface area contributed by atoms with Crippen LogP contribution >= 0.6 is 0 Å². The van der Waals surface area contributed by atoms with Gasteiger partial charge in [0, 0.05) is 18.9 Å². The van der Waals surface area contributed by atoms with Gasteiger partial charge in [-0.3, -0.25) is 4.79 Å². The molecule has 2 nitrogen and oxygen atoms in total. The Bertz CT molecular complexity index is 430. The molecule has 92 valence electrons. The maximum Gasteiger partial charge on any atom is 0.141 e. The average molecular weight is 235 g/mol. The number of Topliss-reactive ketones (excluding diaryl/α,β-unsaturated/α-hetero) is 1. The summed E-state index contributed by atoms with van der Waals surface area (Å²) in [6.45, 7) is 5.66. The van der Waals surface area contributed by atoms with E-state index in [0.29, 0.717) is 12.3 Å². The molecule has 1 N–H and O–H groups in total. The molecule has 0 bridgehead atoms. The number of benzene rings is 1. The first-order valence-electron chi connectivity index (χ1n) is 6.06. The summed E-state index contributed by atoms with van der Waals surface area (Å²) in [7, 11) is 0. The average Bonchev–Trinajstić information content (AvgIpc) is 2.70. The summed E-state index contributed by atoms with van der Waals surface area (Å²) in [6, 6.07) is 4.64. The highest BCUT2D eigenvalue weighted by atomic mass is 19.1. The lowest BCUT2D eigenvalue weighted by Crippen LogP contribution is -2.23. The summed E-state index contributed by atoms with van der Waals surface area (Å²) in [5, 5.41) is 3.22. The SMILES string of the molecule is Cc1ccc(F)cc1CC(=O)C1CNCC1C. The molecule has 3 heteroatoms. The zero-order chi connectivity index (χ0) is 12.4. The first-order chi connectivity index (χ1) is 8.08. The Morgan fingerprint density at radius 3 is 2.88 bits per heavy atom. The van der Waals surface area contributed by atoms with Crippen molar-refractivity contribution in [3.05, 3.63) is 35.1 Å². The highest BCUT2D eigenvalue weighted by molar-refractivity contribution is 5.84. The Balaban J connectivity index is 2.10. The van der Waals surface area contributed by atoms with E-state index in [2.05, 4.69) is 12.2 Å². The van der Waals surface area contributed by atoms with E-state index >= 15 is 0 Å². The van der Waals surface area contributed by atoms with Gasteiger partial charge in [-0.15, -0.1) is 0 Å². The second-order valence-electron chi connectivity index (χ2n) is 4.96. The van der Waals surface area contributed by atoms with Crippen LogP contribution in [0.25, 0.3) is 0 Å². The van der Waals surface area contributed by atoms with Crippen LogP contribution in [-0.4, -0.2) is 18.9 Å². The van der Waals surface area contributed by atoms with E-state index < -0.39 is 0 Å². The van der Waals surface area contributed by atoms with Crippen molar-refractivity contribution in [2.45, 2.75) is 20.3 Å². The van der Waals surface area contributed by atoms with Gasteiger partial charge in [-0.1, -0.05) is 13.0 Å². The molecule has 0 spiro atoms. The third kappa shape index (κ3) is 2.72. The number of nitrogens with one attached hydrogen (secondary N) is 1. The Morgan fingerprint density at radius 2 is 2.24 bits per heavy atom. The lowest BCUT2D eigenvalue weighted by atomic mass is 9.89. The predicted molar refractivity (Wildman–Crippen MR) is 65.4 cm³/mol. The number of rotatable bonds is 3. The fourth-order valence-corrected chi connectivity index (χ4v) is 2.39. The Hall–Kier alpha value is -1.22. The molecule has 0 radical (unpaired) electrons. The molecule has 1 fully saturated rings. The van der Waals surface area contributed by atoms with Crippen LogP contribution in [0.4, 0.5) is 4.39 Å². The maximum absolute atomic E-state index is 13.1. The summed E-state index contributed by atoms with van der Waals surface area (Å²) in [6.07, 6.45) is 0.347. The molecule has 0 aliphatic carbocycles. The van der Waals surface area contributed by atoms with Crippen LogP contribution in [-0.2, 0) is 11.2 Å². The summed E-state index contributed by atoms with van der Waals surface area (Å²) >= 11 is 0. The molecule has 2 atom stereocenters. The molecule has 0 amide bonds. The normalized spacial score (nSPS) is 23.9. The fourth-order valence-electron chi connectivity index (χ4n) is 2.39. The van der Waals surface area contributed by atoms with Crippen molar-refractivity contribution < 1.29 is 9.18 Å². The highest BCUT2D eigenvalue weighted by Crippen LogP contribution is 2.20. The van der Waals surface area contributed by atoms with Gasteiger partial charge in [0.15, 0.2) is 0 Å². The molecule has 0 aromatic heterocycles. The number of carbonyl (C=O) groups is 1. The van der Waals surface area contributed by atoms with E-state index in [1.54, 1.807) is 6.07 Å². The standard InChI is InChI=1S/C14H18FNO/c1-9-3-4-12(15)5-11(9)6-14(17)13-8-16-7-10(13)2/h3-5,10,13,16H,6-8H2,1-2H3. The monoisotopic (exact) mass is 235 g/mol. The second kappa shape index (κ2) is 4.96. The number of ketones is 1. The summed E-state index contributed by atoms with van der Waals surface area (Å²) in [5.74, 6) is 0.418. The van der Waals surface area contributed by atoms with E-state index in [9.17, 15) is 9.18 Å². The Morgan fingerprint density at radius 1 is 1.47 bits per heavy atom. The van der Waals surface area contributed by atoms with E-state index in [1.165, 1.54) is 12.1 Å². The van der Waals surface area contributed by atoms with Crippen molar-refractivity contribution in [1.82, 2.24) is 5.32 Å². The molecular weight excluding hydrogens is 217 g/mol. The van der Waals surface area contributed by atoms with Crippen LogP contribution in [0.1, 0.15) is 18.1 Å². The van der Waals surface area contributed by atoms with Crippen LogP contribution in [0, 0.1) is 24.6 Å². The molecule has 2 unspecified atom stereocenters. The molecular formula is C14H18FNO. The van der Waals surface area contributed by atoms with Gasteiger partial charge in [0.2, 0.25) is 0 Å². The third-order valence-electron chi connectivity index (χ3n) is 3.61. The maximum atomic E-state index is 13.1. The quantitative estimate of drug-likeness (QED) is 0.869. The molecule has 2 rings (SSSR count). The van der Waals surface area contributed by atoms with Gasteiger partial charge in [-0.2, -0.15) is 0 Å². The van der Waals surface area contributed by atoms with Gasteiger partial charge in [0.25, 0.3) is 0 Å². The zero-order valence-corrected chi connectivity index (χ0v) is 10.3. The fraction of sp³-hybridized carbons (Fsp3) is 0.500. The molecule has 0 saturated carbocycles. The lowest BCUT2D eigenvalue weighted by molar-refractivity contribution is -0.122. The van der Waals surface area contributed by atoms with Crippen molar-refractivity contribution in [1.29, 1.82) is 0 Å². The molecule has 1 aromatic carbocycles. The highest BCUT2D eigenvalue weighted by Gasteiger charge is 2.29. The topological polar surface area (TPSA) is 29.1 Å². The van der Waals surface area contributed by atoms with Crippen LogP contribution < -0.4 is 5.32 Å². The summed E-state index contributed by atoms with van der Waals surface area (Å²) in [4.78, 5) is 12.1. The van der Waals surface area contributed by atoms with Gasteiger partial charge < -0.3 is 5.32 Å². The van der Waals surface area contributed by atoms with Gasteiger partial charge in [0.05, 0.1) is 0 Å². The van der Waals surface area contributed by atoms with Gasteiger partial charge in [-0.25, -0.2) is 4.39 Å². The zero-order valence-electron chi connectivity index (χ0n) is 10.3. The van der Waals surface area contributed by atoms with E-state index in [1.807, 2.05) is 6.92 Å². The van der Waals surface area contributed by atoms with Crippen LogP contribution in [0.5, 0.6) is 0 Å². The van der Waals surface area contributed by atoms with Crippen molar-refractivity contribution in [2.24, 2.45) is 11.8 Å². The molecule has 1 aliphatic heterocycles. The number of halogens is 1. The van der Waals surface area contributed by atoms with E-state index in [0.717, 1.165) is 24.2 Å². The number of hydrogen-bond acceptors (Lipinski definition) is 2. The summed E-state index contributed by atoms with van der Waals surface area (Å²) < 4.78 is 13.1. The second-order valence-corrected chi connectivity index (χ2v) is 4.96. The molecule has 1 aromatic rings. The first-order valence-corrected chi connectivity index (χ1v) is 6.06. The molecule has 1 aliphatic rings. The van der Waals surface area contributed by atoms with Crippen LogP contribution in [0.15, 0.2) is 18.2 Å². The number of hydrogen-bond donors (Lipinski definition) is 1. The number of aryl methyl sites for hydroxylation is 1. The minimum Gasteiger partial charge on any atom is -0.316 e. The lowest BCUT2D eigenvalue weighted by Gasteiger charge is -2.13. The van der Waals surface area contributed by atoms with Crippen molar-refractivity contribution >= 4 is 5.78 Å². The number of carbonyl (C=O) groups excluding carboxylic acids is 1. The Kier molecular flexibility index (Phi) is 3.57. The van der Waals surface area contributed by atoms with Gasteiger partial charge >= 0.3 is 0 Å². The molecule has 1 saturated heterocycles. The molecule has 17 heavy (non-hydrogen) atoms. The minimum absolute atomic E-state index is 0.0812. The minimum atomic E-state index is -0.268. The van der Waals surface area contributed by atoms with Gasteiger partial charge in [0.1, 0.15) is 11.6 Å². The van der Waals surface area contributed by atoms with Gasteiger partial charge in [-0.05, 0) is 42.6 Å². The van der Waals surface area contributed by atoms with Crippen molar-refractivity contribution in [2.75, 3.05) is 13.1 Å². The van der Waals surface area contributed by atoms with E-state index in [4.69, 9.17) is 0 Å². The molecule has 1 heterocycles. The predicted octanol–water partition coefficient (Wildman–Crippen LogP) is 2.10. The third-order valence-corrected chi connectivity index (χ3v) is 3.61. The van der Waals surface area contributed by atoms with Crippen molar-refractivity contribution in [3.63, 3.8) is 0 Å². The summed E-state index contributed by atoms with van der Waals surface area (Å²) in [5.41, 5.74) is 1.80. The largest absolute Gasteiger partial charge is 0.316 e. The van der Waals surface area contributed by atoms with Crippen LogP contribution in [0.2, 0.25) is 0 Å². The smallest absolute Gasteiger partial charge is 0.141 e. The van der Waals surface area contributed by atoms with Crippen molar-refractivity contribution in [3.8, 4) is 0 Å². The van der Waals surface area contributed by atoms with Crippen LogP contribution in [0.3, 0.4) is 0 Å². The van der Waals surface area contributed by atoms with E-state index in [-0.39, 0.29) is 17.5 Å².